The molecule has 0 radical (unpaired) electrons. The topological polar surface area (TPSA) is 82.1 Å². The SMILES string of the molecule is CN1CCN(NC(=O)[C@H]2[C@@H](C(=O)O)[C@H]3C=C[C@H]2O3)CC1. The molecule has 0 unspecified atom stereocenters. The number of hydrogen-bond donors (Lipinski definition) is 2. The number of rotatable bonds is 3. The van der Waals surface area contributed by atoms with Crippen molar-refractivity contribution in [1.82, 2.24) is 15.3 Å². The van der Waals surface area contributed by atoms with Crippen molar-refractivity contribution >= 4 is 11.9 Å². The Bertz CT molecular complexity index is 445. The minimum Gasteiger partial charge on any atom is -0.481 e. The largest absolute Gasteiger partial charge is 0.481 e. The Kier molecular flexibility index (Phi) is 3.49. The van der Waals surface area contributed by atoms with Gasteiger partial charge in [-0.25, -0.2) is 5.01 Å². The van der Waals surface area contributed by atoms with Gasteiger partial charge >= 0.3 is 5.97 Å². The minimum absolute atomic E-state index is 0.251. The van der Waals surface area contributed by atoms with Crippen LogP contribution in [0.1, 0.15) is 0 Å². The number of carbonyl (C=O) groups is 2. The molecule has 0 saturated carbocycles. The zero-order valence-electron chi connectivity index (χ0n) is 11.4. The van der Waals surface area contributed by atoms with Gasteiger partial charge in [-0.2, -0.15) is 0 Å². The number of ether oxygens (including phenoxy) is 1. The molecule has 1 amide bonds. The zero-order valence-corrected chi connectivity index (χ0v) is 11.4. The molecule has 0 spiro atoms. The van der Waals surface area contributed by atoms with Gasteiger partial charge in [-0.3, -0.25) is 15.0 Å². The van der Waals surface area contributed by atoms with E-state index in [-0.39, 0.29) is 5.91 Å². The number of fused-ring (bicyclic) bond motifs is 2. The van der Waals surface area contributed by atoms with E-state index in [1.54, 1.807) is 12.2 Å². The van der Waals surface area contributed by atoms with E-state index in [0.29, 0.717) is 0 Å². The van der Waals surface area contributed by atoms with Crippen molar-refractivity contribution in [2.24, 2.45) is 11.8 Å². The second-order valence-corrected chi connectivity index (χ2v) is 5.61. The predicted molar refractivity (Wildman–Crippen MR) is 69.6 cm³/mol. The molecular weight excluding hydrogens is 262 g/mol. The molecule has 0 aliphatic carbocycles. The number of carboxylic acids is 1. The highest BCUT2D eigenvalue weighted by molar-refractivity contribution is 5.87. The van der Waals surface area contributed by atoms with Crippen molar-refractivity contribution in [3.05, 3.63) is 12.2 Å². The summed E-state index contributed by atoms with van der Waals surface area (Å²) in [6.07, 6.45) is 2.65. The maximum atomic E-state index is 12.4. The van der Waals surface area contributed by atoms with Gasteiger partial charge in [0.15, 0.2) is 0 Å². The highest BCUT2D eigenvalue weighted by Crippen LogP contribution is 2.39. The lowest BCUT2D eigenvalue weighted by molar-refractivity contribution is -0.148. The Morgan fingerprint density at radius 3 is 2.35 bits per heavy atom. The number of hydrazine groups is 1. The Balaban J connectivity index is 1.64. The first-order valence-electron chi connectivity index (χ1n) is 6.87. The van der Waals surface area contributed by atoms with E-state index in [9.17, 15) is 14.7 Å². The van der Waals surface area contributed by atoms with Crippen molar-refractivity contribution in [3.63, 3.8) is 0 Å². The first-order chi connectivity index (χ1) is 9.56. The highest BCUT2D eigenvalue weighted by Gasteiger charge is 2.53. The molecule has 2 N–H and O–H groups in total. The summed E-state index contributed by atoms with van der Waals surface area (Å²) >= 11 is 0. The summed E-state index contributed by atoms with van der Waals surface area (Å²) < 4.78 is 5.51. The van der Waals surface area contributed by atoms with E-state index >= 15 is 0 Å². The number of piperazine rings is 1. The Labute approximate surface area is 117 Å². The fraction of sp³-hybridized carbons (Fsp3) is 0.692. The van der Waals surface area contributed by atoms with Gasteiger partial charge in [0.25, 0.3) is 0 Å². The fourth-order valence-corrected chi connectivity index (χ4v) is 3.06. The Morgan fingerprint density at radius 1 is 1.15 bits per heavy atom. The average Bonchev–Trinajstić information content (AvgIpc) is 3.01. The number of nitrogens with one attached hydrogen (secondary N) is 1. The van der Waals surface area contributed by atoms with Gasteiger partial charge in [0.2, 0.25) is 5.91 Å². The molecule has 0 aromatic rings. The molecule has 2 fully saturated rings. The molecule has 0 aromatic carbocycles. The summed E-state index contributed by atoms with van der Waals surface area (Å²) in [6.45, 7) is 3.26. The monoisotopic (exact) mass is 281 g/mol. The van der Waals surface area contributed by atoms with Gasteiger partial charge in [0, 0.05) is 26.2 Å². The molecule has 7 nitrogen and oxygen atoms in total. The van der Waals surface area contributed by atoms with E-state index in [1.165, 1.54) is 0 Å². The van der Waals surface area contributed by atoms with Crippen LogP contribution in [0, 0.1) is 11.8 Å². The van der Waals surface area contributed by atoms with Gasteiger partial charge in [0.05, 0.1) is 18.1 Å². The van der Waals surface area contributed by atoms with Gasteiger partial charge in [0.1, 0.15) is 5.92 Å². The molecule has 110 valence electrons. The van der Waals surface area contributed by atoms with Crippen LogP contribution in [0.15, 0.2) is 12.2 Å². The fourth-order valence-electron chi connectivity index (χ4n) is 3.06. The van der Waals surface area contributed by atoms with Gasteiger partial charge < -0.3 is 14.7 Å². The van der Waals surface area contributed by atoms with Crippen LogP contribution >= 0.6 is 0 Å². The summed E-state index contributed by atoms with van der Waals surface area (Å²) in [5.74, 6) is -2.64. The van der Waals surface area contributed by atoms with Crippen LogP contribution in [0.2, 0.25) is 0 Å². The zero-order chi connectivity index (χ0) is 14.3. The summed E-state index contributed by atoms with van der Waals surface area (Å²) in [5, 5.41) is 11.1. The number of carboxylic acid groups (broad SMARTS) is 1. The third-order valence-electron chi connectivity index (χ3n) is 4.26. The summed E-state index contributed by atoms with van der Waals surface area (Å²) in [5.41, 5.74) is 2.84. The van der Waals surface area contributed by atoms with Crippen molar-refractivity contribution in [1.29, 1.82) is 0 Å². The van der Waals surface area contributed by atoms with Crippen molar-refractivity contribution in [3.8, 4) is 0 Å². The molecule has 3 rings (SSSR count). The van der Waals surface area contributed by atoms with Crippen LogP contribution in [0.5, 0.6) is 0 Å². The molecule has 20 heavy (non-hydrogen) atoms. The van der Waals surface area contributed by atoms with Crippen LogP contribution < -0.4 is 5.43 Å². The second kappa shape index (κ2) is 5.16. The average molecular weight is 281 g/mol. The van der Waals surface area contributed by atoms with Gasteiger partial charge in [-0.05, 0) is 7.05 Å². The molecule has 3 heterocycles. The molecular formula is C13H19N3O4. The van der Waals surface area contributed by atoms with Crippen LogP contribution in [-0.2, 0) is 14.3 Å². The van der Waals surface area contributed by atoms with Gasteiger partial charge in [-0.15, -0.1) is 0 Å². The number of likely N-dealkylation sites (N-methyl/N-ethyl adjacent to an activating group) is 1. The summed E-state index contributed by atoms with van der Waals surface area (Å²) in [7, 11) is 2.04. The Morgan fingerprint density at radius 2 is 1.75 bits per heavy atom. The van der Waals surface area contributed by atoms with Crippen molar-refractivity contribution < 1.29 is 19.4 Å². The molecule has 3 aliphatic heterocycles. The third kappa shape index (κ3) is 2.32. The number of aliphatic carboxylic acids is 1. The highest BCUT2D eigenvalue weighted by atomic mass is 16.5. The van der Waals surface area contributed by atoms with E-state index in [1.807, 2.05) is 12.1 Å². The number of hydrogen-bond acceptors (Lipinski definition) is 5. The first kappa shape index (κ1) is 13.5. The van der Waals surface area contributed by atoms with Crippen molar-refractivity contribution in [2.75, 3.05) is 33.2 Å². The molecule has 3 aliphatic rings. The quantitative estimate of drug-likeness (QED) is 0.640. The standard InChI is InChI=1S/C13H19N3O4/c1-15-4-6-16(7-5-15)14-12(17)10-8-2-3-9(20-8)11(10)13(18)19/h2-3,8-11H,4-7H2,1H3,(H,14,17)(H,18,19)/t8-,9-,10-,11+/m1/s1. The van der Waals surface area contributed by atoms with E-state index < -0.39 is 30.0 Å². The second-order valence-electron chi connectivity index (χ2n) is 5.61. The maximum Gasteiger partial charge on any atom is 0.310 e. The van der Waals surface area contributed by atoms with Crippen LogP contribution in [-0.4, -0.2) is 72.3 Å². The van der Waals surface area contributed by atoms with Crippen LogP contribution in [0.3, 0.4) is 0 Å². The maximum absolute atomic E-state index is 12.4. The normalized spacial score (nSPS) is 37.2. The minimum atomic E-state index is -0.972. The lowest BCUT2D eigenvalue weighted by atomic mass is 9.82. The van der Waals surface area contributed by atoms with Crippen LogP contribution in [0.25, 0.3) is 0 Å². The smallest absolute Gasteiger partial charge is 0.310 e. The molecule has 2 bridgehead atoms. The van der Waals surface area contributed by atoms with E-state index in [4.69, 9.17) is 4.74 Å². The van der Waals surface area contributed by atoms with Crippen LogP contribution in [0.4, 0.5) is 0 Å². The number of carbonyl (C=O) groups excluding carboxylic acids is 1. The lowest BCUT2D eigenvalue weighted by Gasteiger charge is -2.33. The number of nitrogens with zero attached hydrogens (tertiary/aromatic N) is 2. The summed E-state index contributed by atoms with van der Waals surface area (Å²) in [6, 6.07) is 0. The third-order valence-corrected chi connectivity index (χ3v) is 4.26. The van der Waals surface area contributed by atoms with Gasteiger partial charge in [-0.1, -0.05) is 12.2 Å². The first-order valence-corrected chi connectivity index (χ1v) is 6.87. The Hall–Kier alpha value is -1.44. The lowest BCUT2D eigenvalue weighted by Crippen LogP contribution is -2.55. The molecule has 0 aromatic heterocycles. The van der Waals surface area contributed by atoms with E-state index in [0.717, 1.165) is 26.2 Å². The van der Waals surface area contributed by atoms with E-state index in [2.05, 4.69) is 10.3 Å². The molecule has 4 atom stereocenters. The van der Waals surface area contributed by atoms with Crippen molar-refractivity contribution in [2.45, 2.75) is 12.2 Å². The summed E-state index contributed by atoms with van der Waals surface area (Å²) in [4.78, 5) is 25.9. The number of amides is 1. The molecule has 7 heteroatoms. The predicted octanol–water partition coefficient (Wildman–Crippen LogP) is -1.08. The molecule has 2 saturated heterocycles.